The van der Waals surface area contributed by atoms with Crippen LogP contribution in [-0.4, -0.2) is 11.6 Å². The lowest BCUT2D eigenvalue weighted by atomic mass is 9.53. The van der Waals surface area contributed by atoms with E-state index in [4.69, 9.17) is 0 Å². The van der Waals surface area contributed by atoms with E-state index in [2.05, 4.69) is 10.6 Å². The number of para-hydroxylation sites is 1. The predicted octanol–water partition coefficient (Wildman–Crippen LogP) is 3.92. The molecule has 0 atom stereocenters. The summed E-state index contributed by atoms with van der Waals surface area (Å²) in [7, 11) is 0. The first kappa shape index (κ1) is 13.1. The molecule has 2 amide bonds. The molecule has 112 valence electrons. The molecule has 5 rings (SSSR count). The molecule has 4 bridgehead atoms. The van der Waals surface area contributed by atoms with Crippen molar-refractivity contribution in [1.29, 1.82) is 0 Å². The van der Waals surface area contributed by atoms with Crippen molar-refractivity contribution in [2.75, 3.05) is 5.32 Å². The van der Waals surface area contributed by atoms with Gasteiger partial charge in [-0.25, -0.2) is 9.18 Å². The zero-order valence-corrected chi connectivity index (χ0v) is 12.1. The summed E-state index contributed by atoms with van der Waals surface area (Å²) in [6, 6.07) is 6.04. The smallest absolute Gasteiger partial charge is 0.319 e. The zero-order chi connectivity index (χ0) is 14.4. The predicted molar refractivity (Wildman–Crippen MR) is 79.5 cm³/mol. The van der Waals surface area contributed by atoms with Crippen LogP contribution < -0.4 is 10.6 Å². The topological polar surface area (TPSA) is 41.1 Å². The Labute approximate surface area is 124 Å². The van der Waals surface area contributed by atoms with Crippen molar-refractivity contribution in [1.82, 2.24) is 5.32 Å². The minimum atomic E-state index is -0.391. The van der Waals surface area contributed by atoms with Crippen LogP contribution in [-0.2, 0) is 0 Å². The first-order valence-electron chi connectivity index (χ1n) is 7.96. The molecule has 4 fully saturated rings. The monoisotopic (exact) mass is 288 g/mol. The number of nitrogens with one attached hydrogen (secondary N) is 2. The Balaban J connectivity index is 1.46. The van der Waals surface area contributed by atoms with Crippen LogP contribution in [0.1, 0.15) is 38.5 Å². The first-order chi connectivity index (χ1) is 10.1. The minimum Gasteiger partial charge on any atom is -0.332 e. The van der Waals surface area contributed by atoms with Gasteiger partial charge in [-0.15, -0.1) is 0 Å². The summed E-state index contributed by atoms with van der Waals surface area (Å²) >= 11 is 0. The fourth-order valence-corrected chi connectivity index (χ4v) is 5.22. The standard InChI is InChI=1S/C17H21FN2O/c18-14-3-1-2-4-15(14)19-16(21)20-17-8-11-5-12(9-17)7-13(6-11)10-17/h1-4,11-13H,5-10H2,(H2,19,20,21). The SMILES string of the molecule is O=C(Nc1ccccc1F)NC12CC3CC(CC(C3)C1)C2. The fourth-order valence-electron chi connectivity index (χ4n) is 5.22. The Morgan fingerprint density at radius 2 is 1.62 bits per heavy atom. The second kappa shape index (κ2) is 4.72. The van der Waals surface area contributed by atoms with Crippen molar-refractivity contribution < 1.29 is 9.18 Å². The van der Waals surface area contributed by atoms with Gasteiger partial charge in [0.05, 0.1) is 5.69 Å². The second-order valence-electron chi connectivity index (χ2n) is 7.26. The van der Waals surface area contributed by atoms with Gasteiger partial charge >= 0.3 is 6.03 Å². The molecule has 0 aliphatic heterocycles. The van der Waals surface area contributed by atoms with Crippen LogP contribution in [0.4, 0.5) is 14.9 Å². The molecule has 21 heavy (non-hydrogen) atoms. The van der Waals surface area contributed by atoms with Crippen molar-refractivity contribution in [2.24, 2.45) is 17.8 Å². The van der Waals surface area contributed by atoms with Crippen LogP contribution >= 0.6 is 0 Å². The highest BCUT2D eigenvalue weighted by Gasteiger charge is 2.51. The fraction of sp³-hybridized carbons (Fsp3) is 0.588. The summed E-state index contributed by atoms with van der Waals surface area (Å²) in [6.45, 7) is 0. The molecular weight excluding hydrogens is 267 g/mol. The van der Waals surface area contributed by atoms with Crippen LogP contribution in [0.3, 0.4) is 0 Å². The molecule has 4 aliphatic carbocycles. The molecule has 4 heteroatoms. The number of rotatable bonds is 2. The maximum Gasteiger partial charge on any atom is 0.319 e. The molecule has 2 N–H and O–H groups in total. The summed E-state index contributed by atoms with van der Waals surface area (Å²) < 4.78 is 13.6. The molecule has 3 nitrogen and oxygen atoms in total. The van der Waals surface area contributed by atoms with E-state index in [1.165, 1.54) is 25.3 Å². The van der Waals surface area contributed by atoms with E-state index in [9.17, 15) is 9.18 Å². The molecule has 0 aromatic heterocycles. The van der Waals surface area contributed by atoms with E-state index in [-0.39, 0.29) is 17.3 Å². The largest absolute Gasteiger partial charge is 0.332 e. The van der Waals surface area contributed by atoms with Gasteiger partial charge in [0.2, 0.25) is 0 Å². The van der Waals surface area contributed by atoms with Gasteiger partial charge < -0.3 is 10.6 Å². The van der Waals surface area contributed by atoms with Gasteiger partial charge in [0.25, 0.3) is 0 Å². The van der Waals surface area contributed by atoms with Gasteiger partial charge in [-0.05, 0) is 68.4 Å². The zero-order valence-electron chi connectivity index (χ0n) is 12.1. The maximum absolute atomic E-state index is 13.6. The Morgan fingerprint density at radius 1 is 1.05 bits per heavy atom. The molecule has 1 aromatic carbocycles. The van der Waals surface area contributed by atoms with E-state index in [1.54, 1.807) is 18.2 Å². The summed E-state index contributed by atoms with van der Waals surface area (Å²) in [6.07, 6.45) is 7.33. The van der Waals surface area contributed by atoms with Crippen LogP contribution in [0.15, 0.2) is 24.3 Å². The summed E-state index contributed by atoms with van der Waals surface area (Å²) in [5.41, 5.74) is 0.212. The molecule has 4 aliphatic rings. The third-order valence-corrected chi connectivity index (χ3v) is 5.54. The lowest BCUT2D eigenvalue weighted by Crippen LogP contribution is -2.60. The molecule has 4 saturated carbocycles. The molecule has 0 heterocycles. The number of hydrogen-bond donors (Lipinski definition) is 2. The molecule has 0 radical (unpaired) electrons. The van der Waals surface area contributed by atoms with Crippen LogP contribution in [0.25, 0.3) is 0 Å². The van der Waals surface area contributed by atoms with E-state index in [0.717, 1.165) is 37.0 Å². The van der Waals surface area contributed by atoms with Gasteiger partial charge in [-0.1, -0.05) is 12.1 Å². The number of carbonyl (C=O) groups excluding carboxylic acids is 1. The molecular formula is C17H21FN2O. The van der Waals surface area contributed by atoms with Gasteiger partial charge in [0.1, 0.15) is 5.82 Å². The average molecular weight is 288 g/mol. The molecule has 0 spiro atoms. The van der Waals surface area contributed by atoms with Crippen molar-refractivity contribution >= 4 is 11.7 Å². The second-order valence-corrected chi connectivity index (χ2v) is 7.26. The number of carbonyl (C=O) groups is 1. The molecule has 1 aromatic rings. The van der Waals surface area contributed by atoms with E-state index in [1.807, 2.05) is 0 Å². The molecule has 0 unspecified atom stereocenters. The van der Waals surface area contributed by atoms with Gasteiger partial charge in [0, 0.05) is 5.54 Å². The maximum atomic E-state index is 13.6. The average Bonchev–Trinajstić information content (AvgIpc) is 2.39. The molecule has 0 saturated heterocycles. The van der Waals surface area contributed by atoms with Gasteiger partial charge in [0.15, 0.2) is 0 Å². The number of urea groups is 1. The Bertz CT molecular complexity index is 536. The van der Waals surface area contributed by atoms with E-state index < -0.39 is 5.82 Å². The van der Waals surface area contributed by atoms with Crippen LogP contribution in [0, 0.1) is 23.6 Å². The highest BCUT2D eigenvalue weighted by Crippen LogP contribution is 2.55. The van der Waals surface area contributed by atoms with Crippen molar-refractivity contribution in [3.63, 3.8) is 0 Å². The minimum absolute atomic E-state index is 0.0376. The summed E-state index contributed by atoms with van der Waals surface area (Å²) in [4.78, 5) is 12.3. The number of hydrogen-bond acceptors (Lipinski definition) is 1. The summed E-state index contributed by atoms with van der Waals surface area (Å²) in [5, 5.41) is 5.84. The van der Waals surface area contributed by atoms with Crippen molar-refractivity contribution in [3.05, 3.63) is 30.1 Å². The van der Waals surface area contributed by atoms with Crippen LogP contribution in [0.5, 0.6) is 0 Å². The number of benzene rings is 1. The Kier molecular flexibility index (Phi) is 2.95. The lowest BCUT2D eigenvalue weighted by molar-refractivity contribution is -0.0127. The van der Waals surface area contributed by atoms with E-state index in [0.29, 0.717) is 0 Å². The highest BCUT2D eigenvalue weighted by atomic mass is 19.1. The third-order valence-electron chi connectivity index (χ3n) is 5.54. The quantitative estimate of drug-likeness (QED) is 0.851. The number of halogens is 1. The summed E-state index contributed by atoms with van der Waals surface area (Å²) in [5.74, 6) is 1.96. The highest BCUT2D eigenvalue weighted by molar-refractivity contribution is 5.89. The number of amides is 2. The van der Waals surface area contributed by atoms with Gasteiger partial charge in [-0.3, -0.25) is 0 Å². The van der Waals surface area contributed by atoms with E-state index >= 15 is 0 Å². The van der Waals surface area contributed by atoms with Crippen molar-refractivity contribution in [3.8, 4) is 0 Å². The first-order valence-corrected chi connectivity index (χ1v) is 7.96. The van der Waals surface area contributed by atoms with Crippen molar-refractivity contribution in [2.45, 2.75) is 44.1 Å². The normalized spacial score (nSPS) is 36.5. The Hall–Kier alpha value is -1.58. The third kappa shape index (κ3) is 2.41. The lowest BCUT2D eigenvalue weighted by Gasteiger charge is -2.56. The number of anilines is 1. The Morgan fingerprint density at radius 3 is 2.19 bits per heavy atom. The van der Waals surface area contributed by atoms with Gasteiger partial charge in [-0.2, -0.15) is 0 Å². The van der Waals surface area contributed by atoms with Crippen LogP contribution in [0.2, 0.25) is 0 Å².